The van der Waals surface area contributed by atoms with Gasteiger partial charge in [-0.2, -0.15) is 0 Å². The first-order valence-corrected chi connectivity index (χ1v) is 9.38. The molecule has 0 aromatic carbocycles. The van der Waals surface area contributed by atoms with Crippen LogP contribution in [0.25, 0.3) is 0 Å². The van der Waals surface area contributed by atoms with E-state index in [1.807, 2.05) is 12.4 Å². The third-order valence-electron chi connectivity index (χ3n) is 6.08. The van der Waals surface area contributed by atoms with E-state index in [-0.39, 0.29) is 5.60 Å². The molecule has 1 aromatic rings. The monoisotopic (exact) mass is 334 g/mol. The third kappa shape index (κ3) is 3.52. The molecule has 6 heteroatoms. The summed E-state index contributed by atoms with van der Waals surface area (Å²) in [5, 5.41) is 0. The van der Waals surface area contributed by atoms with Gasteiger partial charge in [-0.25, -0.2) is 4.98 Å². The number of aryl methyl sites for hydroxylation is 1. The summed E-state index contributed by atoms with van der Waals surface area (Å²) in [6.07, 6.45) is 8.44. The first-order chi connectivity index (χ1) is 11.7. The highest BCUT2D eigenvalue weighted by molar-refractivity contribution is 4.95. The van der Waals surface area contributed by atoms with Crippen molar-refractivity contribution in [1.82, 2.24) is 19.4 Å². The Hall–Kier alpha value is -0.950. The van der Waals surface area contributed by atoms with E-state index >= 15 is 0 Å². The van der Waals surface area contributed by atoms with Gasteiger partial charge < -0.3 is 14.0 Å². The van der Waals surface area contributed by atoms with Crippen LogP contribution in [0.5, 0.6) is 0 Å². The molecule has 24 heavy (non-hydrogen) atoms. The van der Waals surface area contributed by atoms with Gasteiger partial charge in [-0.15, -0.1) is 0 Å². The molecule has 4 rings (SSSR count). The van der Waals surface area contributed by atoms with Crippen LogP contribution in [0.2, 0.25) is 0 Å². The summed E-state index contributed by atoms with van der Waals surface area (Å²) >= 11 is 0. The van der Waals surface area contributed by atoms with E-state index in [1.165, 1.54) is 25.9 Å². The van der Waals surface area contributed by atoms with Crippen LogP contribution in [0.4, 0.5) is 0 Å². The molecule has 1 aromatic heterocycles. The van der Waals surface area contributed by atoms with Crippen LogP contribution in [0.1, 0.15) is 31.5 Å². The minimum atomic E-state index is 0.102. The molecule has 0 bridgehead atoms. The summed E-state index contributed by atoms with van der Waals surface area (Å²) in [7, 11) is 2.08. The van der Waals surface area contributed by atoms with E-state index in [1.54, 1.807) is 0 Å². The Morgan fingerprint density at radius 1 is 1.17 bits per heavy atom. The smallest absolute Gasteiger partial charge is 0.122 e. The summed E-state index contributed by atoms with van der Waals surface area (Å²) in [4.78, 5) is 9.69. The standard InChI is InChI=1S/C18H30N4O2/c1-20-6-5-19-17(20)15-21-7-9-22(10-8-21)16-2-11-24-18(14-16)3-12-23-13-4-18/h5-6,16H,2-4,7-15H2,1H3. The average Bonchev–Trinajstić information content (AvgIpc) is 3.01. The minimum absolute atomic E-state index is 0.102. The molecule has 134 valence electrons. The molecule has 3 aliphatic rings. The Bertz CT molecular complexity index is 527. The summed E-state index contributed by atoms with van der Waals surface area (Å²) in [6, 6.07) is 0.687. The van der Waals surface area contributed by atoms with Crippen LogP contribution in [0, 0.1) is 0 Å². The second-order valence-corrected chi connectivity index (χ2v) is 7.56. The van der Waals surface area contributed by atoms with Crippen molar-refractivity contribution in [2.75, 3.05) is 46.0 Å². The topological polar surface area (TPSA) is 42.8 Å². The normalized spacial score (nSPS) is 29.1. The summed E-state index contributed by atoms with van der Waals surface area (Å²) in [5.41, 5.74) is 0.102. The molecule has 3 fully saturated rings. The third-order valence-corrected chi connectivity index (χ3v) is 6.08. The number of piperazine rings is 1. The maximum absolute atomic E-state index is 6.20. The van der Waals surface area contributed by atoms with Crippen LogP contribution >= 0.6 is 0 Å². The molecule has 0 aliphatic carbocycles. The molecule has 1 unspecified atom stereocenters. The molecule has 0 radical (unpaired) electrons. The summed E-state index contributed by atoms with van der Waals surface area (Å²) < 4.78 is 13.9. The molecule has 0 amide bonds. The SMILES string of the molecule is Cn1ccnc1CN1CCN(C2CCOC3(CCOCC3)C2)CC1. The van der Waals surface area contributed by atoms with Crippen molar-refractivity contribution in [3.63, 3.8) is 0 Å². The fourth-order valence-electron chi connectivity index (χ4n) is 4.44. The maximum Gasteiger partial charge on any atom is 0.122 e. The molecular weight excluding hydrogens is 304 g/mol. The van der Waals surface area contributed by atoms with Gasteiger partial charge in [0.15, 0.2) is 0 Å². The predicted molar refractivity (Wildman–Crippen MR) is 91.8 cm³/mol. The van der Waals surface area contributed by atoms with E-state index < -0.39 is 0 Å². The van der Waals surface area contributed by atoms with Crippen LogP contribution < -0.4 is 0 Å². The molecule has 1 atom stereocenters. The van der Waals surface area contributed by atoms with Gasteiger partial charge in [0, 0.05) is 71.5 Å². The molecule has 3 aliphatic heterocycles. The van der Waals surface area contributed by atoms with Gasteiger partial charge in [-0.3, -0.25) is 9.80 Å². The number of hydrogen-bond donors (Lipinski definition) is 0. The van der Waals surface area contributed by atoms with E-state index in [2.05, 4.69) is 26.4 Å². The largest absolute Gasteiger partial charge is 0.381 e. The number of rotatable bonds is 3. The van der Waals surface area contributed by atoms with Gasteiger partial charge >= 0.3 is 0 Å². The van der Waals surface area contributed by atoms with Crippen molar-refractivity contribution in [2.24, 2.45) is 7.05 Å². The highest BCUT2D eigenvalue weighted by atomic mass is 16.5. The number of ether oxygens (including phenoxy) is 2. The zero-order chi connectivity index (χ0) is 16.4. The van der Waals surface area contributed by atoms with Crippen molar-refractivity contribution in [3.8, 4) is 0 Å². The lowest BCUT2D eigenvalue weighted by Gasteiger charge is -2.48. The van der Waals surface area contributed by atoms with Crippen molar-refractivity contribution >= 4 is 0 Å². The Kier molecular flexibility index (Phi) is 4.90. The Morgan fingerprint density at radius 2 is 1.96 bits per heavy atom. The molecule has 0 saturated carbocycles. The van der Waals surface area contributed by atoms with Gasteiger partial charge in [-0.05, 0) is 25.7 Å². The molecule has 6 nitrogen and oxygen atoms in total. The first-order valence-electron chi connectivity index (χ1n) is 9.38. The lowest BCUT2D eigenvalue weighted by atomic mass is 9.83. The molecular formula is C18H30N4O2. The quantitative estimate of drug-likeness (QED) is 0.833. The number of nitrogens with zero attached hydrogens (tertiary/aromatic N) is 4. The minimum Gasteiger partial charge on any atom is -0.381 e. The first kappa shape index (κ1) is 16.5. The van der Waals surface area contributed by atoms with Gasteiger partial charge in [0.2, 0.25) is 0 Å². The van der Waals surface area contributed by atoms with Crippen molar-refractivity contribution in [1.29, 1.82) is 0 Å². The van der Waals surface area contributed by atoms with E-state index in [0.717, 1.165) is 58.1 Å². The fraction of sp³-hybridized carbons (Fsp3) is 0.833. The summed E-state index contributed by atoms with van der Waals surface area (Å²) in [6.45, 7) is 8.23. The highest BCUT2D eigenvalue weighted by Crippen LogP contribution is 2.36. The van der Waals surface area contributed by atoms with E-state index in [4.69, 9.17) is 9.47 Å². The Balaban J connectivity index is 1.30. The van der Waals surface area contributed by atoms with E-state index in [0.29, 0.717) is 6.04 Å². The predicted octanol–water partition coefficient (Wildman–Crippen LogP) is 1.27. The van der Waals surface area contributed by atoms with Gasteiger partial charge in [0.1, 0.15) is 5.82 Å². The maximum atomic E-state index is 6.20. The van der Waals surface area contributed by atoms with Gasteiger partial charge in [-0.1, -0.05) is 0 Å². The lowest BCUT2D eigenvalue weighted by molar-refractivity contribution is -0.153. The molecule has 3 saturated heterocycles. The lowest BCUT2D eigenvalue weighted by Crippen LogP contribution is -2.55. The van der Waals surface area contributed by atoms with Crippen LogP contribution in [-0.4, -0.2) is 77.0 Å². The second kappa shape index (κ2) is 7.12. The molecule has 1 spiro atoms. The van der Waals surface area contributed by atoms with Crippen LogP contribution in [0.3, 0.4) is 0 Å². The number of hydrogen-bond acceptors (Lipinski definition) is 5. The second-order valence-electron chi connectivity index (χ2n) is 7.56. The average molecular weight is 334 g/mol. The zero-order valence-electron chi connectivity index (χ0n) is 14.8. The van der Waals surface area contributed by atoms with E-state index in [9.17, 15) is 0 Å². The van der Waals surface area contributed by atoms with Crippen molar-refractivity contribution < 1.29 is 9.47 Å². The van der Waals surface area contributed by atoms with Crippen LogP contribution in [0.15, 0.2) is 12.4 Å². The highest BCUT2D eigenvalue weighted by Gasteiger charge is 2.41. The summed E-state index contributed by atoms with van der Waals surface area (Å²) in [5.74, 6) is 1.16. The van der Waals surface area contributed by atoms with Gasteiger partial charge in [0.25, 0.3) is 0 Å². The van der Waals surface area contributed by atoms with Gasteiger partial charge in [0.05, 0.1) is 12.1 Å². The Labute approximate surface area is 144 Å². The molecule has 4 heterocycles. The number of aromatic nitrogens is 2. The Morgan fingerprint density at radius 3 is 2.67 bits per heavy atom. The van der Waals surface area contributed by atoms with Crippen LogP contribution in [-0.2, 0) is 23.1 Å². The van der Waals surface area contributed by atoms with Crippen molar-refractivity contribution in [2.45, 2.75) is 43.9 Å². The number of imidazole rings is 1. The molecule has 0 N–H and O–H groups in total. The van der Waals surface area contributed by atoms with Crippen molar-refractivity contribution in [3.05, 3.63) is 18.2 Å². The zero-order valence-corrected chi connectivity index (χ0v) is 14.8. The fourth-order valence-corrected chi connectivity index (χ4v) is 4.44.